The zero-order valence-corrected chi connectivity index (χ0v) is 11.8. The molecule has 4 nitrogen and oxygen atoms in total. The highest BCUT2D eigenvalue weighted by Crippen LogP contribution is 2.22. The monoisotopic (exact) mass is 269 g/mol. The van der Waals surface area contributed by atoms with Gasteiger partial charge in [0, 0.05) is 6.54 Å². The van der Waals surface area contributed by atoms with Gasteiger partial charge in [0.15, 0.2) is 5.79 Å². The quantitative estimate of drug-likeness (QED) is 0.911. The molecule has 0 aliphatic carbocycles. The first-order valence-corrected chi connectivity index (χ1v) is 7.06. The lowest BCUT2D eigenvalue weighted by molar-refractivity contribution is -0.137. The zero-order chi connectivity index (χ0) is 13.2. The number of carbonyl (C=O) groups excluding carboxylic acids is 1. The largest absolute Gasteiger partial charge is 0.349 e. The van der Waals surface area contributed by atoms with Crippen molar-refractivity contribution in [3.05, 3.63) is 21.9 Å². The Kier molecular flexibility index (Phi) is 4.04. The van der Waals surface area contributed by atoms with E-state index < -0.39 is 5.79 Å². The van der Waals surface area contributed by atoms with E-state index in [2.05, 4.69) is 12.2 Å². The number of thiophene rings is 1. The van der Waals surface area contributed by atoms with E-state index in [1.54, 1.807) is 0 Å². The van der Waals surface area contributed by atoms with E-state index in [4.69, 9.17) is 9.47 Å². The average molecular weight is 269 g/mol. The van der Waals surface area contributed by atoms with Crippen molar-refractivity contribution < 1.29 is 14.3 Å². The van der Waals surface area contributed by atoms with Gasteiger partial charge in [0.25, 0.3) is 5.91 Å². The lowest BCUT2D eigenvalue weighted by atomic mass is 10.2. The number of ether oxygens (including phenoxy) is 2. The summed E-state index contributed by atoms with van der Waals surface area (Å²) in [6.45, 7) is 6.82. The fourth-order valence-electron chi connectivity index (χ4n) is 1.96. The van der Waals surface area contributed by atoms with Gasteiger partial charge in [0.1, 0.15) is 6.10 Å². The Balaban J connectivity index is 1.86. The molecule has 1 atom stereocenters. The van der Waals surface area contributed by atoms with Crippen molar-refractivity contribution in [2.45, 2.75) is 39.1 Å². The molecule has 1 aromatic heterocycles. The van der Waals surface area contributed by atoms with Crippen LogP contribution in [-0.2, 0) is 15.9 Å². The Morgan fingerprint density at radius 3 is 3.00 bits per heavy atom. The third-order valence-corrected chi connectivity index (χ3v) is 3.85. The van der Waals surface area contributed by atoms with Crippen LogP contribution in [0.4, 0.5) is 0 Å². The predicted molar refractivity (Wildman–Crippen MR) is 70.9 cm³/mol. The molecule has 1 N–H and O–H groups in total. The molecule has 1 aliphatic heterocycles. The van der Waals surface area contributed by atoms with Crippen LogP contribution >= 0.6 is 11.3 Å². The second-order valence-electron chi connectivity index (χ2n) is 4.79. The molecule has 0 saturated carbocycles. The van der Waals surface area contributed by atoms with E-state index in [1.807, 2.05) is 25.3 Å². The molecule has 2 heterocycles. The second-order valence-corrected chi connectivity index (χ2v) is 5.71. The van der Waals surface area contributed by atoms with Crippen LogP contribution in [-0.4, -0.2) is 30.9 Å². The zero-order valence-electron chi connectivity index (χ0n) is 11.0. The normalized spacial score (nSPS) is 22.1. The molecular weight excluding hydrogens is 250 g/mol. The summed E-state index contributed by atoms with van der Waals surface area (Å²) in [5.41, 5.74) is 1.10. The molecule has 0 bridgehead atoms. The van der Waals surface area contributed by atoms with Gasteiger partial charge in [0.05, 0.1) is 11.5 Å². The van der Waals surface area contributed by atoms with Crippen LogP contribution in [0, 0.1) is 0 Å². The van der Waals surface area contributed by atoms with Gasteiger partial charge in [-0.15, -0.1) is 11.3 Å². The van der Waals surface area contributed by atoms with Crippen molar-refractivity contribution in [1.82, 2.24) is 5.32 Å². The smallest absolute Gasteiger partial charge is 0.261 e. The summed E-state index contributed by atoms with van der Waals surface area (Å²) in [5, 5.41) is 4.86. The Labute approximate surface area is 111 Å². The number of rotatable bonds is 4. The van der Waals surface area contributed by atoms with Crippen LogP contribution in [0.25, 0.3) is 0 Å². The molecule has 1 unspecified atom stereocenters. The molecule has 0 spiro atoms. The third-order valence-electron chi connectivity index (χ3n) is 2.89. The van der Waals surface area contributed by atoms with E-state index in [0.717, 1.165) is 16.9 Å². The molecule has 5 heteroatoms. The molecular formula is C13H19NO3S. The topological polar surface area (TPSA) is 47.6 Å². The minimum Gasteiger partial charge on any atom is -0.349 e. The molecule has 1 aliphatic rings. The van der Waals surface area contributed by atoms with E-state index in [1.165, 1.54) is 11.3 Å². The number of hydrogen-bond acceptors (Lipinski definition) is 4. The molecule has 1 aromatic rings. The summed E-state index contributed by atoms with van der Waals surface area (Å²) in [5.74, 6) is -0.553. The SMILES string of the molecule is CCc1ccsc1C(=O)NCC1COC(C)(C)O1. The van der Waals surface area contributed by atoms with Gasteiger partial charge < -0.3 is 14.8 Å². The van der Waals surface area contributed by atoms with Crippen LogP contribution in [0.2, 0.25) is 0 Å². The Hall–Kier alpha value is -0.910. The first kappa shape index (κ1) is 13.5. The molecule has 18 heavy (non-hydrogen) atoms. The van der Waals surface area contributed by atoms with Crippen molar-refractivity contribution in [2.24, 2.45) is 0 Å². The van der Waals surface area contributed by atoms with Gasteiger partial charge in [-0.25, -0.2) is 0 Å². The molecule has 0 aromatic carbocycles. The highest BCUT2D eigenvalue weighted by molar-refractivity contribution is 7.12. The van der Waals surface area contributed by atoms with Gasteiger partial charge in [-0.1, -0.05) is 6.92 Å². The van der Waals surface area contributed by atoms with Gasteiger partial charge in [-0.2, -0.15) is 0 Å². The Morgan fingerprint density at radius 2 is 2.39 bits per heavy atom. The maximum absolute atomic E-state index is 12.0. The summed E-state index contributed by atoms with van der Waals surface area (Å²) < 4.78 is 11.1. The fourth-order valence-corrected chi connectivity index (χ4v) is 2.88. The maximum atomic E-state index is 12.0. The number of hydrogen-bond donors (Lipinski definition) is 1. The van der Waals surface area contributed by atoms with Crippen LogP contribution in [0.1, 0.15) is 36.0 Å². The number of amides is 1. The number of nitrogens with one attached hydrogen (secondary N) is 1. The van der Waals surface area contributed by atoms with E-state index in [0.29, 0.717) is 13.2 Å². The minimum atomic E-state index is -0.535. The van der Waals surface area contributed by atoms with E-state index in [-0.39, 0.29) is 12.0 Å². The van der Waals surface area contributed by atoms with Crippen molar-refractivity contribution in [2.75, 3.05) is 13.2 Å². The summed E-state index contributed by atoms with van der Waals surface area (Å²) in [6, 6.07) is 2.00. The minimum absolute atomic E-state index is 0.0184. The van der Waals surface area contributed by atoms with E-state index >= 15 is 0 Å². The molecule has 100 valence electrons. The molecule has 2 rings (SSSR count). The van der Waals surface area contributed by atoms with Crippen LogP contribution < -0.4 is 5.32 Å². The van der Waals surface area contributed by atoms with Crippen molar-refractivity contribution >= 4 is 17.2 Å². The highest BCUT2D eigenvalue weighted by atomic mass is 32.1. The van der Waals surface area contributed by atoms with Gasteiger partial charge in [-0.3, -0.25) is 4.79 Å². The summed E-state index contributed by atoms with van der Waals surface area (Å²) in [7, 11) is 0. The molecule has 0 radical (unpaired) electrons. The van der Waals surface area contributed by atoms with Gasteiger partial charge in [0.2, 0.25) is 0 Å². The highest BCUT2D eigenvalue weighted by Gasteiger charge is 2.32. The van der Waals surface area contributed by atoms with Crippen LogP contribution in [0.5, 0.6) is 0 Å². The molecule has 1 saturated heterocycles. The lowest BCUT2D eigenvalue weighted by Gasteiger charge is -2.17. The lowest BCUT2D eigenvalue weighted by Crippen LogP contribution is -2.34. The van der Waals surface area contributed by atoms with Gasteiger partial charge in [-0.05, 0) is 37.3 Å². The first-order chi connectivity index (χ1) is 8.52. The first-order valence-electron chi connectivity index (χ1n) is 6.18. The summed E-state index contributed by atoms with van der Waals surface area (Å²) in [4.78, 5) is 12.8. The molecule has 1 fully saturated rings. The van der Waals surface area contributed by atoms with Crippen molar-refractivity contribution in [3.8, 4) is 0 Å². The summed E-state index contributed by atoms with van der Waals surface area (Å²) in [6.07, 6.45) is 0.816. The Bertz CT molecular complexity index is 428. The van der Waals surface area contributed by atoms with Crippen LogP contribution in [0.15, 0.2) is 11.4 Å². The summed E-state index contributed by atoms with van der Waals surface area (Å²) >= 11 is 1.48. The van der Waals surface area contributed by atoms with Crippen molar-refractivity contribution in [3.63, 3.8) is 0 Å². The number of carbonyl (C=O) groups is 1. The standard InChI is InChI=1S/C13H19NO3S/c1-4-9-5-6-18-11(9)12(15)14-7-10-8-16-13(2,3)17-10/h5-6,10H,4,7-8H2,1-3H3,(H,14,15). The predicted octanol–water partition coefficient (Wildman–Crippen LogP) is 2.19. The van der Waals surface area contributed by atoms with Crippen LogP contribution in [0.3, 0.4) is 0 Å². The van der Waals surface area contributed by atoms with E-state index in [9.17, 15) is 4.79 Å². The van der Waals surface area contributed by atoms with Crippen molar-refractivity contribution in [1.29, 1.82) is 0 Å². The average Bonchev–Trinajstić information content (AvgIpc) is 2.92. The Morgan fingerprint density at radius 1 is 1.61 bits per heavy atom. The van der Waals surface area contributed by atoms with Gasteiger partial charge >= 0.3 is 0 Å². The number of aryl methyl sites for hydroxylation is 1. The third kappa shape index (κ3) is 3.10. The maximum Gasteiger partial charge on any atom is 0.261 e. The molecule has 1 amide bonds. The fraction of sp³-hybridized carbons (Fsp3) is 0.615. The second kappa shape index (κ2) is 5.38.